The number of carbonyl (C=O) groups excluding carboxylic acids is 1. The zero-order chi connectivity index (χ0) is 34.5. The molecule has 1 amide bonds. The van der Waals surface area contributed by atoms with Crippen molar-refractivity contribution in [2.45, 2.75) is 109 Å². The van der Waals surface area contributed by atoms with E-state index in [0.717, 1.165) is 44.9 Å². The number of allylic oxidation sites excluding steroid dienone is 4. The first-order valence-corrected chi connectivity index (χ1v) is 19.8. The molecule has 1 aliphatic heterocycles. The molecule has 0 radical (unpaired) electrons. The Kier molecular flexibility index (Phi) is 16.1. The van der Waals surface area contributed by atoms with Crippen molar-refractivity contribution >= 4 is 49.7 Å². The number of fused-ring (bicyclic) bond motifs is 1. The molecule has 5 atom stereocenters. The lowest BCUT2D eigenvalue weighted by molar-refractivity contribution is -0.116. The normalized spacial score (nSPS) is 21.7. The van der Waals surface area contributed by atoms with Crippen LogP contribution in [-0.4, -0.2) is 81.1 Å². The summed E-state index contributed by atoms with van der Waals surface area (Å²) in [4.78, 5) is 52.7. The predicted molar refractivity (Wildman–Crippen MR) is 177 cm³/mol. The van der Waals surface area contributed by atoms with E-state index >= 15 is 0 Å². The largest absolute Gasteiger partial charge is 0.387 e. The Labute approximate surface area is 279 Å². The number of aromatic nitrogens is 4. The first-order valence-electron chi connectivity index (χ1n) is 15.8. The van der Waals surface area contributed by atoms with Crippen molar-refractivity contribution in [3.05, 3.63) is 35.9 Å². The number of nitrogens with zero attached hydrogens (tertiary/aromatic N) is 4. The summed E-state index contributed by atoms with van der Waals surface area (Å²) in [5.74, 6) is -1.65. The molecule has 1 saturated heterocycles. The first kappa shape index (κ1) is 39.4. The molecule has 0 bridgehead atoms. The van der Waals surface area contributed by atoms with Crippen LogP contribution in [0.5, 0.6) is 0 Å². The minimum Gasteiger partial charge on any atom is -0.387 e. The number of nitrogens with one attached hydrogen (secondary N) is 1. The SMILES string of the molecule is CCCCC/C=C\C/C=C\CCCCCCCC(=O)Nc1nc(Cl)nc2c1ncn2C1OC(COP(=O)(O)CP(=O)(O)O)C(O)C1O. The van der Waals surface area contributed by atoms with Gasteiger partial charge in [0.05, 0.1) is 12.9 Å². The van der Waals surface area contributed by atoms with Crippen LogP contribution in [-0.2, 0) is 23.2 Å². The van der Waals surface area contributed by atoms with E-state index in [1.54, 1.807) is 0 Å². The molecule has 47 heavy (non-hydrogen) atoms. The maximum absolute atomic E-state index is 12.7. The van der Waals surface area contributed by atoms with Crippen molar-refractivity contribution in [3.8, 4) is 0 Å². The molecule has 2 aromatic rings. The Bertz CT molecular complexity index is 1450. The van der Waals surface area contributed by atoms with E-state index in [1.165, 1.54) is 30.2 Å². The molecular weight excluding hydrogens is 676 g/mol. The quantitative estimate of drug-likeness (QED) is 0.0423. The summed E-state index contributed by atoms with van der Waals surface area (Å²) in [6.45, 7) is 1.46. The van der Waals surface area contributed by atoms with Gasteiger partial charge in [-0.1, -0.05) is 63.3 Å². The molecule has 5 unspecified atom stereocenters. The molecule has 3 rings (SSSR count). The van der Waals surface area contributed by atoms with Gasteiger partial charge in [-0.15, -0.1) is 0 Å². The van der Waals surface area contributed by atoms with E-state index in [-0.39, 0.29) is 34.6 Å². The number of amides is 1. The smallest absolute Gasteiger partial charge is 0.340 e. The Morgan fingerprint density at radius 2 is 1.66 bits per heavy atom. The van der Waals surface area contributed by atoms with Gasteiger partial charge in [0, 0.05) is 6.42 Å². The monoisotopic (exact) mass is 721 g/mol. The number of aliphatic hydroxyl groups excluding tert-OH is 2. The summed E-state index contributed by atoms with van der Waals surface area (Å²) in [5.41, 5.74) is 0.221. The summed E-state index contributed by atoms with van der Waals surface area (Å²) in [6, 6.07) is 0. The van der Waals surface area contributed by atoms with Crippen LogP contribution in [0.25, 0.3) is 11.2 Å². The second kappa shape index (κ2) is 19.2. The lowest BCUT2D eigenvalue weighted by Crippen LogP contribution is -2.33. The molecule has 18 heteroatoms. The van der Waals surface area contributed by atoms with E-state index < -0.39 is 52.2 Å². The van der Waals surface area contributed by atoms with E-state index in [2.05, 4.69) is 51.5 Å². The molecule has 3 heterocycles. The first-order chi connectivity index (χ1) is 22.3. The molecule has 0 aliphatic carbocycles. The van der Waals surface area contributed by atoms with E-state index in [0.29, 0.717) is 6.42 Å². The molecular formula is C29H46ClN5O10P2. The standard InChI is InChI=1S/C29H46ClN5O10P2/c1-2-3-4-5-6-7-8-9-10-11-12-13-14-15-16-17-22(36)32-26-23-27(34-29(30)33-26)35(19-31-23)28-25(38)24(37)21(45-28)18-44-47(42,43)20-46(39,40)41/h6-7,9-10,19,21,24-25,28,37-38H,2-5,8,11-18,20H2,1H3,(H,42,43)(H2,39,40,41)(H,32,33,34,36)/b7-6-,10-9-. The molecule has 1 aliphatic rings. The van der Waals surface area contributed by atoms with Crippen LogP contribution in [0.1, 0.15) is 90.2 Å². The minimum atomic E-state index is -4.86. The lowest BCUT2D eigenvalue weighted by Gasteiger charge is -2.18. The maximum atomic E-state index is 12.7. The average molecular weight is 722 g/mol. The molecule has 264 valence electrons. The fourth-order valence-electron chi connectivity index (χ4n) is 5.02. The van der Waals surface area contributed by atoms with Crippen LogP contribution in [0.2, 0.25) is 5.28 Å². The number of imidazole rings is 1. The highest BCUT2D eigenvalue weighted by atomic mass is 35.5. The number of ether oxygens (including phenoxy) is 1. The molecule has 1 fully saturated rings. The molecule has 2 aromatic heterocycles. The van der Waals surface area contributed by atoms with E-state index in [9.17, 15) is 29.0 Å². The van der Waals surface area contributed by atoms with Crippen LogP contribution in [0.3, 0.4) is 0 Å². The highest BCUT2D eigenvalue weighted by molar-refractivity contribution is 7.70. The second-order valence-electron chi connectivity index (χ2n) is 11.5. The van der Waals surface area contributed by atoms with Crippen molar-refractivity contribution in [1.82, 2.24) is 19.5 Å². The number of carbonyl (C=O) groups is 1. The fraction of sp³-hybridized carbons (Fsp3) is 0.655. The number of hydrogen-bond acceptors (Lipinski definition) is 10. The van der Waals surface area contributed by atoms with Gasteiger partial charge in [-0.05, 0) is 50.1 Å². The predicted octanol–water partition coefficient (Wildman–Crippen LogP) is 5.19. The van der Waals surface area contributed by atoms with Gasteiger partial charge in [-0.3, -0.25) is 18.5 Å². The van der Waals surface area contributed by atoms with Gasteiger partial charge in [0.25, 0.3) is 0 Å². The number of halogens is 1. The third-order valence-corrected chi connectivity index (χ3v) is 11.0. The van der Waals surface area contributed by atoms with Crippen LogP contribution in [0, 0.1) is 0 Å². The van der Waals surface area contributed by atoms with E-state index in [1.807, 2.05) is 0 Å². The fourth-order valence-corrected chi connectivity index (χ4v) is 7.75. The zero-order valence-corrected chi connectivity index (χ0v) is 29.0. The van der Waals surface area contributed by atoms with Crippen molar-refractivity contribution in [3.63, 3.8) is 0 Å². The van der Waals surface area contributed by atoms with Crippen LogP contribution in [0.4, 0.5) is 5.82 Å². The summed E-state index contributed by atoms with van der Waals surface area (Å²) < 4.78 is 34.7. The number of rotatable bonds is 21. The van der Waals surface area contributed by atoms with Crippen LogP contribution in [0.15, 0.2) is 30.6 Å². The van der Waals surface area contributed by atoms with Crippen LogP contribution < -0.4 is 5.32 Å². The van der Waals surface area contributed by atoms with E-state index in [4.69, 9.17) is 30.6 Å². The van der Waals surface area contributed by atoms with Crippen molar-refractivity contribution < 1.29 is 48.1 Å². The lowest BCUT2D eigenvalue weighted by atomic mass is 10.1. The Balaban J connectivity index is 1.45. The average Bonchev–Trinajstić information content (AvgIpc) is 3.52. The van der Waals surface area contributed by atoms with Gasteiger partial charge >= 0.3 is 15.2 Å². The van der Waals surface area contributed by atoms with Gasteiger partial charge in [-0.25, -0.2) is 4.98 Å². The summed E-state index contributed by atoms with van der Waals surface area (Å²) in [7, 11) is -9.58. The van der Waals surface area contributed by atoms with Crippen LogP contribution >= 0.6 is 26.8 Å². The summed E-state index contributed by atoms with van der Waals surface area (Å²) in [6.07, 6.45) is 16.3. The van der Waals surface area contributed by atoms with Gasteiger partial charge in [-0.2, -0.15) is 9.97 Å². The third kappa shape index (κ3) is 13.4. The number of unbranched alkanes of at least 4 members (excludes halogenated alkanes) is 8. The molecule has 0 aromatic carbocycles. The third-order valence-electron chi connectivity index (χ3n) is 7.42. The topological polar surface area (TPSA) is 226 Å². The Morgan fingerprint density at radius 3 is 2.34 bits per heavy atom. The number of anilines is 1. The Morgan fingerprint density at radius 1 is 1.00 bits per heavy atom. The zero-order valence-electron chi connectivity index (χ0n) is 26.4. The summed E-state index contributed by atoms with van der Waals surface area (Å²) >= 11 is 6.12. The number of hydrogen-bond donors (Lipinski definition) is 6. The molecule has 0 saturated carbocycles. The second-order valence-corrected chi connectivity index (χ2v) is 15.8. The minimum absolute atomic E-state index is 0.0536. The highest BCUT2D eigenvalue weighted by Gasteiger charge is 2.45. The summed E-state index contributed by atoms with van der Waals surface area (Å²) in [5, 5.41) is 23.6. The molecule has 0 spiro atoms. The molecule has 15 nitrogen and oxygen atoms in total. The number of aliphatic hydroxyl groups is 2. The van der Waals surface area contributed by atoms with Crippen molar-refractivity contribution in [2.75, 3.05) is 17.8 Å². The van der Waals surface area contributed by atoms with Crippen molar-refractivity contribution in [2.24, 2.45) is 0 Å². The molecule has 6 N–H and O–H groups in total. The van der Waals surface area contributed by atoms with Gasteiger partial charge < -0.3 is 39.5 Å². The maximum Gasteiger partial charge on any atom is 0.340 e. The van der Waals surface area contributed by atoms with Crippen molar-refractivity contribution in [1.29, 1.82) is 0 Å². The van der Waals surface area contributed by atoms with Gasteiger partial charge in [0.1, 0.15) is 18.3 Å². The highest BCUT2D eigenvalue weighted by Crippen LogP contribution is 2.55. The Hall–Kier alpha value is -2.03. The van der Waals surface area contributed by atoms with Gasteiger partial charge in [0.15, 0.2) is 29.1 Å². The van der Waals surface area contributed by atoms with Gasteiger partial charge in [0.2, 0.25) is 11.2 Å².